The Hall–Kier alpha value is -0.830. The van der Waals surface area contributed by atoms with E-state index in [1.807, 2.05) is 12.5 Å². The van der Waals surface area contributed by atoms with E-state index in [1.165, 1.54) is 37.8 Å². The Morgan fingerprint density at radius 2 is 1.89 bits per heavy atom. The maximum atomic E-state index is 6.27. The molecule has 19 heavy (non-hydrogen) atoms. The molecule has 2 N–H and O–H groups in total. The topological polar surface area (TPSA) is 43.8 Å². The highest BCUT2D eigenvalue weighted by atomic mass is 15.1. The monoisotopic (exact) mass is 263 g/mol. The fraction of sp³-hybridized carbons (Fsp3) is 0.812. The van der Waals surface area contributed by atoms with Crippen LogP contribution in [-0.2, 0) is 6.54 Å². The average Bonchev–Trinajstić information content (AvgIpc) is 2.86. The number of rotatable bonds is 5. The van der Waals surface area contributed by atoms with E-state index in [0.29, 0.717) is 5.92 Å². The number of nitrogens with zero attached hydrogens (tertiary/aromatic N) is 2. The second kappa shape index (κ2) is 6.56. The van der Waals surface area contributed by atoms with Gasteiger partial charge in [-0.25, -0.2) is 4.98 Å². The molecule has 1 aliphatic rings. The number of aromatic nitrogens is 2. The van der Waals surface area contributed by atoms with Crippen LogP contribution in [0, 0.1) is 17.8 Å². The summed E-state index contributed by atoms with van der Waals surface area (Å²) in [6.07, 6.45) is 10.8. The summed E-state index contributed by atoms with van der Waals surface area (Å²) in [5.41, 5.74) is 7.47. The van der Waals surface area contributed by atoms with Crippen LogP contribution >= 0.6 is 0 Å². The fourth-order valence-corrected chi connectivity index (χ4v) is 3.20. The lowest BCUT2D eigenvalue weighted by Crippen LogP contribution is -2.24. The first kappa shape index (κ1) is 14.6. The molecule has 1 aliphatic carbocycles. The van der Waals surface area contributed by atoms with Crippen molar-refractivity contribution in [1.29, 1.82) is 0 Å². The van der Waals surface area contributed by atoms with Crippen LogP contribution in [0.25, 0.3) is 0 Å². The number of imidazole rings is 1. The van der Waals surface area contributed by atoms with Crippen LogP contribution in [0.3, 0.4) is 0 Å². The zero-order valence-corrected chi connectivity index (χ0v) is 12.7. The van der Waals surface area contributed by atoms with Gasteiger partial charge in [0.25, 0.3) is 0 Å². The Balaban J connectivity index is 1.95. The molecule has 0 bridgehead atoms. The van der Waals surface area contributed by atoms with Crippen LogP contribution < -0.4 is 5.73 Å². The van der Waals surface area contributed by atoms with Gasteiger partial charge in [-0.3, -0.25) is 0 Å². The Bertz CT molecular complexity index is 375. The van der Waals surface area contributed by atoms with Crippen LogP contribution in [0.15, 0.2) is 12.5 Å². The SMILES string of the molecule is CCC1CCC(Cn2cncc2C(N)C(C)C)CC1. The molecule has 1 fully saturated rings. The predicted octanol–water partition coefficient (Wildman–Crippen LogP) is 3.76. The van der Waals surface area contributed by atoms with Gasteiger partial charge in [-0.15, -0.1) is 0 Å². The molecule has 1 unspecified atom stereocenters. The molecule has 0 radical (unpaired) electrons. The van der Waals surface area contributed by atoms with Gasteiger partial charge >= 0.3 is 0 Å². The van der Waals surface area contributed by atoms with Crippen molar-refractivity contribution in [2.75, 3.05) is 0 Å². The van der Waals surface area contributed by atoms with Crippen LogP contribution in [0.2, 0.25) is 0 Å². The normalized spacial score (nSPS) is 25.7. The minimum atomic E-state index is 0.106. The van der Waals surface area contributed by atoms with Crippen molar-refractivity contribution in [3.05, 3.63) is 18.2 Å². The van der Waals surface area contributed by atoms with E-state index in [2.05, 4.69) is 30.3 Å². The maximum Gasteiger partial charge on any atom is 0.0948 e. The molecule has 108 valence electrons. The Kier molecular flexibility index (Phi) is 5.03. The number of nitrogens with two attached hydrogens (primary N) is 1. The van der Waals surface area contributed by atoms with Crippen molar-refractivity contribution >= 4 is 0 Å². The zero-order valence-electron chi connectivity index (χ0n) is 12.7. The average molecular weight is 263 g/mol. The molecule has 1 aromatic rings. The first-order chi connectivity index (χ1) is 9.11. The third kappa shape index (κ3) is 3.59. The van der Waals surface area contributed by atoms with Gasteiger partial charge in [0, 0.05) is 18.8 Å². The van der Waals surface area contributed by atoms with Gasteiger partial charge in [-0.2, -0.15) is 0 Å². The van der Waals surface area contributed by atoms with Crippen molar-refractivity contribution in [2.45, 2.75) is 65.5 Å². The highest BCUT2D eigenvalue weighted by Crippen LogP contribution is 2.32. The molecule has 1 aromatic heterocycles. The number of hydrogen-bond acceptors (Lipinski definition) is 2. The minimum Gasteiger partial charge on any atom is -0.333 e. The van der Waals surface area contributed by atoms with E-state index in [0.717, 1.165) is 18.4 Å². The van der Waals surface area contributed by atoms with Crippen LogP contribution in [0.1, 0.15) is 64.6 Å². The Labute approximate surface area is 117 Å². The predicted molar refractivity (Wildman–Crippen MR) is 79.7 cm³/mol. The van der Waals surface area contributed by atoms with Gasteiger partial charge < -0.3 is 10.3 Å². The van der Waals surface area contributed by atoms with E-state index in [1.54, 1.807) is 0 Å². The summed E-state index contributed by atoms with van der Waals surface area (Å²) < 4.78 is 2.29. The van der Waals surface area contributed by atoms with Gasteiger partial charge in [0.1, 0.15) is 0 Å². The summed E-state index contributed by atoms with van der Waals surface area (Å²) in [6, 6.07) is 0.106. The maximum absolute atomic E-state index is 6.27. The van der Waals surface area contributed by atoms with Gasteiger partial charge in [-0.05, 0) is 30.6 Å². The highest BCUT2D eigenvalue weighted by molar-refractivity contribution is 5.05. The molecular formula is C16H29N3. The second-order valence-corrected chi connectivity index (χ2v) is 6.54. The Morgan fingerprint density at radius 1 is 1.26 bits per heavy atom. The lowest BCUT2D eigenvalue weighted by atomic mass is 9.81. The molecule has 0 spiro atoms. The molecule has 3 heteroatoms. The molecule has 1 atom stereocenters. The zero-order chi connectivity index (χ0) is 13.8. The summed E-state index contributed by atoms with van der Waals surface area (Å²) >= 11 is 0. The van der Waals surface area contributed by atoms with Gasteiger partial charge in [-0.1, -0.05) is 40.0 Å². The molecule has 0 aromatic carbocycles. The van der Waals surface area contributed by atoms with Crippen molar-refractivity contribution in [1.82, 2.24) is 9.55 Å². The van der Waals surface area contributed by atoms with E-state index in [9.17, 15) is 0 Å². The molecule has 1 saturated carbocycles. The summed E-state index contributed by atoms with van der Waals surface area (Å²) in [5.74, 6) is 2.25. The first-order valence-electron chi connectivity index (χ1n) is 7.87. The highest BCUT2D eigenvalue weighted by Gasteiger charge is 2.22. The smallest absolute Gasteiger partial charge is 0.0948 e. The largest absolute Gasteiger partial charge is 0.333 e. The van der Waals surface area contributed by atoms with Crippen molar-refractivity contribution in [3.8, 4) is 0 Å². The van der Waals surface area contributed by atoms with Crippen LogP contribution in [0.5, 0.6) is 0 Å². The summed E-state index contributed by atoms with van der Waals surface area (Å²) in [5, 5.41) is 0. The van der Waals surface area contributed by atoms with E-state index >= 15 is 0 Å². The minimum absolute atomic E-state index is 0.106. The molecular weight excluding hydrogens is 234 g/mol. The molecule has 1 heterocycles. The second-order valence-electron chi connectivity index (χ2n) is 6.54. The summed E-state index contributed by atoms with van der Waals surface area (Å²) in [4.78, 5) is 4.31. The fourth-order valence-electron chi connectivity index (χ4n) is 3.20. The van der Waals surface area contributed by atoms with Gasteiger partial charge in [0.2, 0.25) is 0 Å². The van der Waals surface area contributed by atoms with Crippen LogP contribution in [-0.4, -0.2) is 9.55 Å². The Morgan fingerprint density at radius 3 is 2.47 bits per heavy atom. The van der Waals surface area contributed by atoms with Crippen molar-refractivity contribution in [3.63, 3.8) is 0 Å². The van der Waals surface area contributed by atoms with Gasteiger partial charge in [0.05, 0.1) is 12.0 Å². The van der Waals surface area contributed by atoms with Crippen LogP contribution in [0.4, 0.5) is 0 Å². The van der Waals surface area contributed by atoms with E-state index in [-0.39, 0.29) is 6.04 Å². The quantitative estimate of drug-likeness (QED) is 0.879. The molecule has 0 aliphatic heterocycles. The molecule has 0 saturated heterocycles. The molecule has 0 amide bonds. The third-order valence-electron chi connectivity index (χ3n) is 4.80. The lowest BCUT2D eigenvalue weighted by molar-refractivity contribution is 0.244. The first-order valence-corrected chi connectivity index (χ1v) is 7.87. The molecule has 3 nitrogen and oxygen atoms in total. The van der Waals surface area contributed by atoms with E-state index < -0.39 is 0 Å². The van der Waals surface area contributed by atoms with Crippen molar-refractivity contribution < 1.29 is 0 Å². The summed E-state index contributed by atoms with van der Waals surface area (Å²) in [7, 11) is 0. The van der Waals surface area contributed by atoms with Gasteiger partial charge in [0.15, 0.2) is 0 Å². The molecule has 2 rings (SSSR count). The standard InChI is InChI=1S/C16H29N3/c1-4-13-5-7-14(8-6-13)10-19-11-18-9-15(19)16(17)12(2)3/h9,11-14,16H,4-8,10,17H2,1-3H3. The van der Waals surface area contributed by atoms with E-state index in [4.69, 9.17) is 5.73 Å². The third-order valence-corrected chi connectivity index (χ3v) is 4.80. The van der Waals surface area contributed by atoms with Crippen molar-refractivity contribution in [2.24, 2.45) is 23.5 Å². The lowest BCUT2D eigenvalue weighted by Gasteiger charge is -2.29. The summed E-state index contributed by atoms with van der Waals surface area (Å²) in [6.45, 7) is 7.77. The number of hydrogen-bond donors (Lipinski definition) is 1.